The third-order valence-corrected chi connectivity index (χ3v) is 3.50. The van der Waals surface area contributed by atoms with E-state index in [0.717, 1.165) is 12.0 Å². The first kappa shape index (κ1) is 14.4. The van der Waals surface area contributed by atoms with Crippen molar-refractivity contribution < 1.29 is 14.7 Å². The van der Waals surface area contributed by atoms with Crippen LogP contribution in [0.3, 0.4) is 0 Å². The molecule has 1 aromatic rings. The lowest BCUT2D eigenvalue weighted by atomic mass is 10.0. The van der Waals surface area contributed by atoms with Gasteiger partial charge in [-0.2, -0.15) is 0 Å². The molecule has 0 spiro atoms. The summed E-state index contributed by atoms with van der Waals surface area (Å²) in [5.41, 5.74) is 1.68. The largest absolute Gasteiger partial charge is 0.480 e. The zero-order valence-corrected chi connectivity index (χ0v) is 11.9. The quantitative estimate of drug-likeness (QED) is 0.919. The van der Waals surface area contributed by atoms with E-state index < -0.39 is 5.97 Å². The predicted octanol–water partition coefficient (Wildman–Crippen LogP) is 2.53. The van der Waals surface area contributed by atoms with Crippen molar-refractivity contribution in [1.29, 1.82) is 0 Å². The van der Waals surface area contributed by atoms with Crippen molar-refractivity contribution in [3.8, 4) is 0 Å². The Morgan fingerprint density at radius 1 is 1.30 bits per heavy atom. The van der Waals surface area contributed by atoms with E-state index in [1.807, 2.05) is 38.1 Å². The summed E-state index contributed by atoms with van der Waals surface area (Å²) in [6, 6.07) is 7.28. The van der Waals surface area contributed by atoms with Gasteiger partial charge in [-0.3, -0.25) is 9.69 Å². The van der Waals surface area contributed by atoms with Crippen LogP contribution in [0, 0.1) is 0 Å². The first-order valence-electron chi connectivity index (χ1n) is 6.88. The average Bonchev–Trinajstić information content (AvgIpc) is 2.33. The van der Waals surface area contributed by atoms with Gasteiger partial charge in [0.05, 0.1) is 0 Å². The second-order valence-corrected chi connectivity index (χ2v) is 5.32. The zero-order valence-electron chi connectivity index (χ0n) is 11.9. The Morgan fingerprint density at radius 3 is 2.45 bits per heavy atom. The summed E-state index contributed by atoms with van der Waals surface area (Å²) in [5.74, 6) is -0.774. The number of urea groups is 1. The van der Waals surface area contributed by atoms with E-state index in [-0.39, 0.29) is 18.5 Å². The lowest BCUT2D eigenvalue weighted by Gasteiger charge is -2.36. The normalized spacial score (nSPS) is 14.1. The first-order valence-corrected chi connectivity index (χ1v) is 6.88. The molecule has 20 heavy (non-hydrogen) atoms. The Labute approximate surface area is 118 Å². The molecule has 0 aromatic heterocycles. The summed E-state index contributed by atoms with van der Waals surface area (Å²) in [5, 5.41) is 9.08. The number of benzene rings is 1. The molecule has 1 saturated heterocycles. The maximum Gasteiger partial charge on any atom is 0.325 e. The van der Waals surface area contributed by atoms with Gasteiger partial charge in [0.1, 0.15) is 6.54 Å². The fourth-order valence-corrected chi connectivity index (χ4v) is 2.29. The fraction of sp³-hybridized carbons (Fsp3) is 0.467. The predicted molar refractivity (Wildman–Crippen MR) is 77.1 cm³/mol. The molecule has 0 unspecified atom stereocenters. The van der Waals surface area contributed by atoms with Crippen LogP contribution in [0.15, 0.2) is 24.3 Å². The standard InChI is InChI=1S/C15H20N2O3/c1-11(2)12-6-3-4-7-13(12)17(10-14(18)19)15(20)16-8-5-9-16/h3-4,6-7,11H,5,8-10H2,1-2H3,(H,18,19). The summed E-state index contributed by atoms with van der Waals surface area (Å²) < 4.78 is 0. The van der Waals surface area contributed by atoms with Crippen LogP contribution in [0.5, 0.6) is 0 Å². The van der Waals surface area contributed by atoms with E-state index in [9.17, 15) is 9.59 Å². The molecule has 1 aromatic carbocycles. The highest BCUT2D eigenvalue weighted by atomic mass is 16.4. The van der Waals surface area contributed by atoms with Crippen LogP contribution in [0.25, 0.3) is 0 Å². The van der Waals surface area contributed by atoms with E-state index in [1.165, 1.54) is 4.90 Å². The lowest BCUT2D eigenvalue weighted by Crippen LogP contribution is -2.51. The van der Waals surface area contributed by atoms with Crippen molar-refractivity contribution in [3.63, 3.8) is 0 Å². The van der Waals surface area contributed by atoms with Crippen molar-refractivity contribution in [2.45, 2.75) is 26.2 Å². The number of carboxylic acid groups (broad SMARTS) is 1. The molecule has 1 fully saturated rings. The molecule has 0 atom stereocenters. The van der Waals surface area contributed by atoms with Crippen LogP contribution in [0.4, 0.5) is 10.5 Å². The van der Waals surface area contributed by atoms with Gasteiger partial charge < -0.3 is 10.0 Å². The number of aliphatic carboxylic acids is 1. The number of amides is 2. The van der Waals surface area contributed by atoms with E-state index in [4.69, 9.17) is 5.11 Å². The smallest absolute Gasteiger partial charge is 0.325 e. The Bertz CT molecular complexity index is 510. The Hall–Kier alpha value is -2.04. The summed E-state index contributed by atoms with van der Waals surface area (Å²) in [4.78, 5) is 26.6. The minimum atomic E-state index is -1.00. The van der Waals surface area contributed by atoms with Crippen molar-refractivity contribution in [3.05, 3.63) is 29.8 Å². The van der Waals surface area contributed by atoms with Crippen LogP contribution < -0.4 is 4.90 Å². The number of carbonyl (C=O) groups excluding carboxylic acids is 1. The molecule has 0 bridgehead atoms. The van der Waals surface area contributed by atoms with Crippen molar-refractivity contribution >= 4 is 17.7 Å². The van der Waals surface area contributed by atoms with Crippen molar-refractivity contribution in [1.82, 2.24) is 4.90 Å². The van der Waals surface area contributed by atoms with Crippen LogP contribution in [0.1, 0.15) is 31.7 Å². The highest BCUT2D eigenvalue weighted by molar-refractivity contribution is 5.97. The molecule has 5 nitrogen and oxygen atoms in total. The van der Waals surface area contributed by atoms with E-state index in [1.54, 1.807) is 4.90 Å². The minimum Gasteiger partial charge on any atom is -0.480 e. The van der Waals surface area contributed by atoms with Gasteiger partial charge in [-0.1, -0.05) is 32.0 Å². The molecule has 2 amide bonds. The number of carboxylic acids is 1. The second kappa shape index (κ2) is 5.94. The maximum atomic E-state index is 12.4. The highest BCUT2D eigenvalue weighted by Gasteiger charge is 2.29. The van der Waals surface area contributed by atoms with Crippen LogP contribution in [-0.2, 0) is 4.79 Å². The number of hydrogen-bond acceptors (Lipinski definition) is 2. The van der Waals surface area contributed by atoms with Crippen LogP contribution in [-0.4, -0.2) is 41.6 Å². The summed E-state index contributed by atoms with van der Waals surface area (Å²) >= 11 is 0. The molecule has 0 saturated carbocycles. The molecule has 1 aliphatic rings. The molecule has 1 N–H and O–H groups in total. The van der Waals surface area contributed by atoms with Gasteiger partial charge in [0, 0.05) is 18.8 Å². The Balaban J connectivity index is 2.35. The zero-order chi connectivity index (χ0) is 14.7. The molecule has 0 radical (unpaired) electrons. The third kappa shape index (κ3) is 2.92. The molecule has 2 rings (SSSR count). The van der Waals surface area contributed by atoms with Gasteiger partial charge in [0.25, 0.3) is 0 Å². The number of likely N-dealkylation sites (tertiary alicyclic amines) is 1. The first-order chi connectivity index (χ1) is 9.50. The number of nitrogens with zero attached hydrogens (tertiary/aromatic N) is 2. The number of para-hydroxylation sites is 1. The monoisotopic (exact) mass is 276 g/mol. The van der Waals surface area contributed by atoms with Gasteiger partial charge in [-0.25, -0.2) is 4.79 Å². The number of rotatable bonds is 4. The summed E-state index contributed by atoms with van der Waals surface area (Å²) in [7, 11) is 0. The second-order valence-electron chi connectivity index (χ2n) is 5.32. The topological polar surface area (TPSA) is 60.9 Å². The fourth-order valence-electron chi connectivity index (χ4n) is 2.29. The molecular weight excluding hydrogens is 256 g/mol. The van der Waals surface area contributed by atoms with Gasteiger partial charge in [-0.05, 0) is 24.0 Å². The van der Waals surface area contributed by atoms with Crippen LogP contribution in [0.2, 0.25) is 0 Å². The van der Waals surface area contributed by atoms with E-state index in [2.05, 4.69) is 0 Å². The highest BCUT2D eigenvalue weighted by Crippen LogP contribution is 2.28. The lowest BCUT2D eigenvalue weighted by molar-refractivity contribution is -0.135. The molecule has 108 valence electrons. The molecule has 1 aliphatic heterocycles. The Kier molecular flexibility index (Phi) is 4.27. The number of carbonyl (C=O) groups is 2. The van der Waals surface area contributed by atoms with Gasteiger partial charge >= 0.3 is 12.0 Å². The van der Waals surface area contributed by atoms with Crippen LogP contribution >= 0.6 is 0 Å². The SMILES string of the molecule is CC(C)c1ccccc1N(CC(=O)O)C(=O)N1CCC1. The number of hydrogen-bond donors (Lipinski definition) is 1. The van der Waals surface area contributed by atoms with Crippen molar-refractivity contribution in [2.75, 3.05) is 24.5 Å². The Morgan fingerprint density at radius 2 is 1.95 bits per heavy atom. The minimum absolute atomic E-state index is 0.216. The molecule has 5 heteroatoms. The number of anilines is 1. The molecule has 0 aliphatic carbocycles. The summed E-state index contributed by atoms with van der Waals surface area (Å²) in [6.07, 6.45) is 0.985. The van der Waals surface area contributed by atoms with Gasteiger partial charge in [0.2, 0.25) is 0 Å². The summed E-state index contributed by atoms with van der Waals surface area (Å²) in [6.45, 7) is 5.18. The molecular formula is C15H20N2O3. The van der Waals surface area contributed by atoms with Crippen molar-refractivity contribution in [2.24, 2.45) is 0 Å². The third-order valence-electron chi connectivity index (χ3n) is 3.50. The van der Waals surface area contributed by atoms with Gasteiger partial charge in [-0.15, -0.1) is 0 Å². The van der Waals surface area contributed by atoms with Gasteiger partial charge in [0.15, 0.2) is 0 Å². The average molecular weight is 276 g/mol. The van der Waals surface area contributed by atoms with E-state index in [0.29, 0.717) is 18.8 Å². The van der Waals surface area contributed by atoms with E-state index >= 15 is 0 Å². The maximum absolute atomic E-state index is 12.4. The molecule has 1 heterocycles.